The van der Waals surface area contributed by atoms with Crippen LogP contribution >= 0.6 is 0 Å². The van der Waals surface area contributed by atoms with Crippen LogP contribution < -0.4 is 0 Å². The molecule has 0 fully saturated rings. The maximum atomic E-state index is 6.66. The summed E-state index contributed by atoms with van der Waals surface area (Å²) < 4.78 is 13.3. The Hall–Kier alpha value is -6.78. The van der Waals surface area contributed by atoms with Crippen LogP contribution in [0.5, 0.6) is 0 Å². The average molecular weight is 669 g/mol. The Kier molecular flexibility index (Phi) is 6.90. The molecular formula is C48H32N2O2. The van der Waals surface area contributed by atoms with Gasteiger partial charge in [0.05, 0.1) is 0 Å². The highest BCUT2D eigenvalue weighted by molar-refractivity contribution is 6.12. The molecule has 4 aromatic heterocycles. The Bertz CT molecular complexity index is 2770. The minimum Gasteiger partial charge on any atom is -0.453 e. The van der Waals surface area contributed by atoms with Gasteiger partial charge in [-0.15, -0.1) is 0 Å². The smallest absolute Gasteiger partial charge is 0.161 e. The second-order valence-electron chi connectivity index (χ2n) is 13.4. The van der Waals surface area contributed by atoms with Crippen LogP contribution in [0.1, 0.15) is 11.1 Å². The van der Waals surface area contributed by atoms with Gasteiger partial charge in [-0.3, -0.25) is 9.97 Å². The number of fused-ring (bicyclic) bond motifs is 6. The second-order valence-corrected chi connectivity index (χ2v) is 13.4. The molecule has 0 bridgehead atoms. The molecule has 6 aromatic carbocycles. The van der Waals surface area contributed by atoms with Gasteiger partial charge in [0.15, 0.2) is 11.2 Å². The fourth-order valence-electron chi connectivity index (χ4n) is 7.77. The molecule has 0 spiro atoms. The van der Waals surface area contributed by atoms with E-state index in [9.17, 15) is 0 Å². The molecule has 0 aliphatic heterocycles. The topological polar surface area (TPSA) is 52.1 Å². The molecule has 0 atom stereocenters. The summed E-state index contributed by atoms with van der Waals surface area (Å²) >= 11 is 0. The van der Waals surface area contributed by atoms with Crippen LogP contribution in [0.2, 0.25) is 0 Å². The molecule has 0 N–H and O–H groups in total. The number of hydrogen-bond acceptors (Lipinski definition) is 4. The lowest BCUT2D eigenvalue weighted by molar-refractivity contribution is 0.670. The first kappa shape index (κ1) is 30.1. The van der Waals surface area contributed by atoms with Crippen molar-refractivity contribution in [2.24, 2.45) is 0 Å². The first-order chi connectivity index (χ1) is 25.6. The largest absolute Gasteiger partial charge is 0.453 e. The summed E-state index contributed by atoms with van der Waals surface area (Å²) in [5.41, 5.74) is 18.5. The third-order valence-electron chi connectivity index (χ3n) is 10.3. The van der Waals surface area contributed by atoms with Crippen molar-refractivity contribution in [2.45, 2.75) is 13.8 Å². The number of rotatable bonds is 5. The van der Waals surface area contributed by atoms with Gasteiger partial charge in [0.2, 0.25) is 0 Å². The Balaban J connectivity index is 1.03. The summed E-state index contributed by atoms with van der Waals surface area (Å²) in [6.07, 6.45) is 3.77. The van der Waals surface area contributed by atoms with Gasteiger partial charge >= 0.3 is 0 Å². The summed E-state index contributed by atoms with van der Waals surface area (Å²) in [4.78, 5) is 9.54. The van der Waals surface area contributed by atoms with E-state index in [4.69, 9.17) is 18.8 Å². The SMILES string of the molecule is Cc1cc(-c2ccnc3c2oc2c(-c4ccccc4)cccc23)ccc1-c1ccc(-c2ccnc3c2oc2c(-c4ccccc4)cccc23)cc1C. The molecule has 4 heterocycles. The number of aryl methyl sites for hydroxylation is 2. The maximum absolute atomic E-state index is 6.66. The molecular weight excluding hydrogens is 637 g/mol. The normalized spacial score (nSPS) is 11.7. The van der Waals surface area contributed by atoms with Crippen LogP contribution in [0.4, 0.5) is 0 Å². The number of benzene rings is 6. The number of aromatic nitrogens is 2. The van der Waals surface area contributed by atoms with E-state index in [0.29, 0.717) is 0 Å². The molecule has 4 heteroatoms. The molecule has 0 aliphatic rings. The molecule has 4 nitrogen and oxygen atoms in total. The summed E-state index contributed by atoms with van der Waals surface area (Å²) in [5.74, 6) is 0. The molecule has 0 radical (unpaired) electrons. The minimum absolute atomic E-state index is 0.804. The van der Waals surface area contributed by atoms with Gasteiger partial charge in [0.25, 0.3) is 0 Å². The van der Waals surface area contributed by atoms with Gasteiger partial charge in [-0.25, -0.2) is 0 Å². The lowest BCUT2D eigenvalue weighted by Crippen LogP contribution is -1.90. The Labute approximate surface area is 300 Å². The van der Waals surface area contributed by atoms with Crippen molar-refractivity contribution >= 4 is 44.1 Å². The van der Waals surface area contributed by atoms with E-state index < -0.39 is 0 Å². The lowest BCUT2D eigenvalue weighted by atomic mass is 9.91. The van der Waals surface area contributed by atoms with Crippen LogP contribution in [0.25, 0.3) is 99.8 Å². The van der Waals surface area contributed by atoms with E-state index in [2.05, 4.69) is 147 Å². The highest BCUT2D eigenvalue weighted by atomic mass is 16.3. The van der Waals surface area contributed by atoms with Gasteiger partial charge in [0, 0.05) is 45.4 Å². The van der Waals surface area contributed by atoms with E-state index in [-0.39, 0.29) is 0 Å². The van der Waals surface area contributed by atoms with Crippen molar-refractivity contribution in [3.8, 4) is 55.6 Å². The summed E-state index contributed by atoms with van der Waals surface area (Å²) in [5, 5.41) is 2.04. The van der Waals surface area contributed by atoms with Crippen LogP contribution in [0.15, 0.2) is 167 Å². The molecule has 246 valence electrons. The fourth-order valence-corrected chi connectivity index (χ4v) is 7.77. The zero-order valence-corrected chi connectivity index (χ0v) is 28.7. The average Bonchev–Trinajstić information content (AvgIpc) is 3.78. The van der Waals surface area contributed by atoms with Crippen LogP contribution in [-0.4, -0.2) is 9.97 Å². The Morgan fingerprint density at radius 2 is 0.769 bits per heavy atom. The van der Waals surface area contributed by atoms with Crippen molar-refractivity contribution < 1.29 is 8.83 Å². The highest BCUT2D eigenvalue weighted by Gasteiger charge is 2.19. The second kappa shape index (κ2) is 11.9. The molecule has 52 heavy (non-hydrogen) atoms. The van der Waals surface area contributed by atoms with Crippen LogP contribution in [0, 0.1) is 13.8 Å². The quantitative estimate of drug-likeness (QED) is 0.183. The standard InChI is InChI=1S/C48H32N2O2/c1-29-27-33(39-23-25-49-43-41-17-9-15-37(45(41)51-47(39)43)31-11-5-3-6-12-31)19-21-35(29)36-22-20-34(28-30(36)2)40-24-26-50-44-42-18-10-16-38(46(42)52-48(40)44)32-13-7-4-8-14-32/h3-28H,1-2H3. The van der Waals surface area contributed by atoms with Gasteiger partial charge in [-0.05, 0) is 82.6 Å². The third kappa shape index (κ3) is 4.76. The monoisotopic (exact) mass is 668 g/mol. The molecule has 0 saturated heterocycles. The first-order valence-corrected chi connectivity index (χ1v) is 17.6. The van der Waals surface area contributed by atoms with E-state index >= 15 is 0 Å². The van der Waals surface area contributed by atoms with Gasteiger partial charge in [0.1, 0.15) is 22.2 Å². The van der Waals surface area contributed by atoms with Crippen molar-refractivity contribution in [3.05, 3.63) is 169 Å². The maximum Gasteiger partial charge on any atom is 0.161 e. The zero-order chi connectivity index (χ0) is 34.8. The Morgan fingerprint density at radius 1 is 0.346 bits per heavy atom. The van der Waals surface area contributed by atoms with Crippen LogP contribution in [-0.2, 0) is 0 Å². The zero-order valence-electron chi connectivity index (χ0n) is 28.7. The van der Waals surface area contributed by atoms with Crippen LogP contribution in [0.3, 0.4) is 0 Å². The van der Waals surface area contributed by atoms with E-state index in [0.717, 1.165) is 88.6 Å². The van der Waals surface area contributed by atoms with Gasteiger partial charge in [-0.1, -0.05) is 121 Å². The molecule has 0 unspecified atom stereocenters. The summed E-state index contributed by atoms with van der Waals surface area (Å²) in [6.45, 7) is 4.36. The number of pyridine rings is 2. The Morgan fingerprint density at radius 3 is 1.19 bits per heavy atom. The minimum atomic E-state index is 0.804. The van der Waals surface area contributed by atoms with Crippen molar-refractivity contribution in [2.75, 3.05) is 0 Å². The molecule has 10 rings (SSSR count). The number of hydrogen-bond donors (Lipinski definition) is 0. The predicted molar refractivity (Wildman–Crippen MR) is 213 cm³/mol. The van der Waals surface area contributed by atoms with Crippen molar-refractivity contribution in [1.29, 1.82) is 0 Å². The lowest BCUT2D eigenvalue weighted by Gasteiger charge is -2.13. The molecule has 10 aromatic rings. The summed E-state index contributed by atoms with van der Waals surface area (Å²) in [7, 11) is 0. The number of furan rings is 2. The summed E-state index contributed by atoms with van der Waals surface area (Å²) in [6, 6.07) is 50.8. The van der Waals surface area contributed by atoms with E-state index in [1.165, 1.54) is 22.3 Å². The highest BCUT2D eigenvalue weighted by Crippen LogP contribution is 2.42. The van der Waals surface area contributed by atoms with Gasteiger partial charge < -0.3 is 8.83 Å². The van der Waals surface area contributed by atoms with E-state index in [1.807, 2.05) is 24.5 Å². The van der Waals surface area contributed by atoms with E-state index in [1.54, 1.807) is 0 Å². The third-order valence-corrected chi connectivity index (χ3v) is 10.3. The molecule has 0 saturated carbocycles. The predicted octanol–water partition coefficient (Wildman–Crippen LogP) is 13.2. The van der Waals surface area contributed by atoms with Crippen molar-refractivity contribution in [3.63, 3.8) is 0 Å². The first-order valence-electron chi connectivity index (χ1n) is 17.6. The molecule has 0 aliphatic carbocycles. The molecule has 0 amide bonds. The number of nitrogens with zero attached hydrogens (tertiary/aromatic N) is 2. The number of para-hydroxylation sites is 2. The fraction of sp³-hybridized carbons (Fsp3) is 0.0417. The van der Waals surface area contributed by atoms with Gasteiger partial charge in [-0.2, -0.15) is 0 Å². The van der Waals surface area contributed by atoms with Crippen molar-refractivity contribution in [1.82, 2.24) is 9.97 Å².